The van der Waals surface area contributed by atoms with Crippen LogP contribution in [0.4, 0.5) is 10.1 Å². The first kappa shape index (κ1) is 20.1. The van der Waals surface area contributed by atoms with Crippen LogP contribution in [0.2, 0.25) is 0 Å². The monoisotopic (exact) mass is 383 g/mol. The Morgan fingerprint density at radius 3 is 2.46 bits per heavy atom. The summed E-state index contributed by atoms with van der Waals surface area (Å²) in [5, 5.41) is 2.82. The Balaban J connectivity index is 1.76. The van der Waals surface area contributed by atoms with E-state index in [4.69, 9.17) is 4.74 Å². The third-order valence-corrected chi connectivity index (χ3v) is 5.54. The van der Waals surface area contributed by atoms with Gasteiger partial charge in [0.1, 0.15) is 5.82 Å². The number of carbonyl (C=O) groups is 2. The molecule has 4 nitrogen and oxygen atoms in total. The molecule has 5 heteroatoms. The lowest BCUT2D eigenvalue weighted by molar-refractivity contribution is -0.159. The summed E-state index contributed by atoms with van der Waals surface area (Å²) in [5.74, 6) is -1.34. The fourth-order valence-corrected chi connectivity index (χ4v) is 3.84. The molecule has 1 saturated carbocycles. The van der Waals surface area contributed by atoms with Crippen molar-refractivity contribution < 1.29 is 18.7 Å². The van der Waals surface area contributed by atoms with Crippen LogP contribution in [0, 0.1) is 19.7 Å². The van der Waals surface area contributed by atoms with Gasteiger partial charge in [0.15, 0.2) is 6.10 Å². The number of anilines is 1. The quantitative estimate of drug-likeness (QED) is 0.753. The molecule has 1 N–H and O–H groups in total. The second kappa shape index (κ2) is 8.13. The zero-order valence-electron chi connectivity index (χ0n) is 16.5. The van der Waals surface area contributed by atoms with Crippen LogP contribution in [-0.2, 0) is 19.7 Å². The highest BCUT2D eigenvalue weighted by atomic mass is 19.1. The highest BCUT2D eigenvalue weighted by Crippen LogP contribution is 2.43. The lowest BCUT2D eigenvalue weighted by Gasteiger charge is -2.29. The minimum Gasteiger partial charge on any atom is -0.452 e. The summed E-state index contributed by atoms with van der Waals surface area (Å²) >= 11 is 0. The Kier molecular flexibility index (Phi) is 5.82. The summed E-state index contributed by atoms with van der Waals surface area (Å²) in [4.78, 5) is 25.6. The van der Waals surface area contributed by atoms with Crippen LogP contribution < -0.4 is 5.32 Å². The number of carbonyl (C=O) groups excluding carboxylic acids is 2. The molecule has 0 spiro atoms. The van der Waals surface area contributed by atoms with Crippen LogP contribution in [-0.4, -0.2) is 18.0 Å². The highest BCUT2D eigenvalue weighted by Gasteiger charge is 2.46. The van der Waals surface area contributed by atoms with Crippen molar-refractivity contribution in [3.05, 3.63) is 65.0 Å². The van der Waals surface area contributed by atoms with Gasteiger partial charge in [-0.1, -0.05) is 43.2 Å². The van der Waals surface area contributed by atoms with Crippen molar-refractivity contribution in [3.8, 4) is 0 Å². The van der Waals surface area contributed by atoms with E-state index in [0.29, 0.717) is 24.1 Å². The van der Waals surface area contributed by atoms with Gasteiger partial charge >= 0.3 is 5.97 Å². The molecule has 1 aliphatic carbocycles. The second-order valence-corrected chi connectivity index (χ2v) is 7.62. The van der Waals surface area contributed by atoms with E-state index in [9.17, 15) is 14.0 Å². The minimum absolute atomic E-state index is 0.361. The Bertz CT molecular complexity index is 887. The molecule has 28 heavy (non-hydrogen) atoms. The van der Waals surface area contributed by atoms with Gasteiger partial charge in [-0.3, -0.25) is 9.59 Å². The third kappa shape index (κ3) is 3.93. The Labute approximate surface area is 165 Å². The van der Waals surface area contributed by atoms with Gasteiger partial charge in [-0.25, -0.2) is 4.39 Å². The fraction of sp³-hybridized carbons (Fsp3) is 0.391. The molecule has 0 unspecified atom stereocenters. The third-order valence-electron chi connectivity index (χ3n) is 5.54. The molecule has 1 aliphatic rings. The molecule has 1 amide bonds. The molecule has 0 radical (unpaired) electrons. The van der Waals surface area contributed by atoms with Crippen LogP contribution >= 0.6 is 0 Å². The molecule has 2 aromatic rings. The first-order valence-corrected chi connectivity index (χ1v) is 9.68. The van der Waals surface area contributed by atoms with Gasteiger partial charge in [0.2, 0.25) is 0 Å². The SMILES string of the molecule is Cc1ccc(C)c(NC(=O)[C@H](C)OC(=O)C2(c3ccccc3F)CCCC2)c1. The number of ether oxygens (including phenoxy) is 1. The van der Waals surface area contributed by atoms with Crippen LogP contribution in [0.5, 0.6) is 0 Å². The molecule has 148 valence electrons. The van der Waals surface area contributed by atoms with E-state index in [-0.39, 0.29) is 0 Å². The number of nitrogens with one attached hydrogen (secondary N) is 1. The van der Waals surface area contributed by atoms with E-state index in [1.54, 1.807) is 25.1 Å². The molecule has 0 saturated heterocycles. The van der Waals surface area contributed by atoms with Crippen molar-refractivity contribution in [1.29, 1.82) is 0 Å². The van der Waals surface area contributed by atoms with Crippen LogP contribution in [0.15, 0.2) is 42.5 Å². The number of aryl methyl sites for hydroxylation is 2. The average Bonchev–Trinajstić information content (AvgIpc) is 3.16. The van der Waals surface area contributed by atoms with Crippen LogP contribution in [0.1, 0.15) is 49.3 Å². The first-order valence-electron chi connectivity index (χ1n) is 9.68. The number of halogens is 1. The maximum atomic E-state index is 14.4. The van der Waals surface area contributed by atoms with E-state index in [0.717, 1.165) is 24.0 Å². The number of rotatable bonds is 5. The Morgan fingerprint density at radius 2 is 1.79 bits per heavy atom. The average molecular weight is 383 g/mol. The van der Waals surface area contributed by atoms with Crippen molar-refractivity contribution in [2.75, 3.05) is 5.32 Å². The molecule has 1 fully saturated rings. The van der Waals surface area contributed by atoms with E-state index in [1.807, 2.05) is 32.0 Å². The molecule has 0 heterocycles. The number of esters is 1. The molecular weight excluding hydrogens is 357 g/mol. The summed E-state index contributed by atoms with van der Waals surface area (Å²) in [7, 11) is 0. The summed E-state index contributed by atoms with van der Waals surface area (Å²) < 4.78 is 20.0. The molecule has 2 aromatic carbocycles. The lowest BCUT2D eigenvalue weighted by Crippen LogP contribution is -2.40. The van der Waals surface area contributed by atoms with Gasteiger partial charge in [-0.2, -0.15) is 0 Å². The lowest BCUT2D eigenvalue weighted by atomic mass is 9.78. The predicted octanol–water partition coefficient (Wildman–Crippen LogP) is 4.82. The van der Waals surface area contributed by atoms with Crippen molar-refractivity contribution in [2.24, 2.45) is 0 Å². The van der Waals surface area contributed by atoms with E-state index in [1.165, 1.54) is 6.07 Å². The van der Waals surface area contributed by atoms with Crippen LogP contribution in [0.3, 0.4) is 0 Å². The van der Waals surface area contributed by atoms with Gasteiger partial charge in [-0.05, 0) is 56.9 Å². The zero-order chi connectivity index (χ0) is 20.3. The van der Waals surface area contributed by atoms with Crippen molar-refractivity contribution in [2.45, 2.75) is 58.0 Å². The number of hydrogen-bond acceptors (Lipinski definition) is 3. The Morgan fingerprint density at radius 1 is 1.11 bits per heavy atom. The van der Waals surface area contributed by atoms with E-state index < -0.39 is 29.2 Å². The number of amides is 1. The van der Waals surface area contributed by atoms with Gasteiger partial charge < -0.3 is 10.1 Å². The molecule has 0 aromatic heterocycles. The zero-order valence-corrected chi connectivity index (χ0v) is 16.5. The fourth-order valence-electron chi connectivity index (χ4n) is 3.84. The van der Waals surface area contributed by atoms with Crippen molar-refractivity contribution in [1.82, 2.24) is 0 Å². The van der Waals surface area contributed by atoms with E-state index in [2.05, 4.69) is 5.32 Å². The highest BCUT2D eigenvalue weighted by molar-refractivity contribution is 5.96. The first-order chi connectivity index (χ1) is 13.3. The summed E-state index contributed by atoms with van der Waals surface area (Å²) in [6, 6.07) is 12.1. The predicted molar refractivity (Wildman–Crippen MR) is 107 cm³/mol. The van der Waals surface area contributed by atoms with Crippen LogP contribution in [0.25, 0.3) is 0 Å². The molecule has 0 bridgehead atoms. The number of hydrogen-bond donors (Lipinski definition) is 1. The molecular formula is C23H26FNO3. The van der Waals surface area contributed by atoms with Crippen molar-refractivity contribution >= 4 is 17.6 Å². The van der Waals surface area contributed by atoms with Gasteiger partial charge in [-0.15, -0.1) is 0 Å². The summed E-state index contributed by atoms with van der Waals surface area (Å²) in [6.07, 6.45) is 1.73. The topological polar surface area (TPSA) is 55.4 Å². The summed E-state index contributed by atoms with van der Waals surface area (Å²) in [6.45, 7) is 5.39. The Hall–Kier alpha value is -2.69. The standard InChI is InChI=1S/C23H26FNO3/c1-15-10-11-16(2)20(14-15)25-21(26)17(3)28-22(27)23(12-6-7-13-23)18-8-4-5-9-19(18)24/h4-5,8-11,14,17H,6-7,12-13H2,1-3H3,(H,25,26)/t17-/m0/s1. The minimum atomic E-state index is -1.01. The smallest absolute Gasteiger partial charge is 0.317 e. The normalized spacial score (nSPS) is 16.4. The van der Waals surface area contributed by atoms with Crippen molar-refractivity contribution in [3.63, 3.8) is 0 Å². The molecule has 1 atom stereocenters. The van der Waals surface area contributed by atoms with Gasteiger partial charge in [0.25, 0.3) is 5.91 Å². The van der Waals surface area contributed by atoms with Gasteiger partial charge in [0, 0.05) is 11.3 Å². The maximum Gasteiger partial charge on any atom is 0.317 e. The molecule has 3 rings (SSSR count). The number of benzene rings is 2. The second-order valence-electron chi connectivity index (χ2n) is 7.62. The largest absolute Gasteiger partial charge is 0.452 e. The van der Waals surface area contributed by atoms with E-state index >= 15 is 0 Å². The summed E-state index contributed by atoms with van der Waals surface area (Å²) in [5.41, 5.74) is 1.99. The van der Waals surface area contributed by atoms with Gasteiger partial charge in [0.05, 0.1) is 5.41 Å². The molecule has 0 aliphatic heterocycles. The maximum absolute atomic E-state index is 14.4.